The summed E-state index contributed by atoms with van der Waals surface area (Å²) < 4.78 is 16.2. The summed E-state index contributed by atoms with van der Waals surface area (Å²) in [5, 5.41) is 7.10. The molecular formula is C39H34N4O2Pd. The Labute approximate surface area is 283 Å². The number of nitrogens with zero attached hydrogens (tertiary/aromatic N) is 4. The van der Waals surface area contributed by atoms with Crippen LogP contribution in [0.4, 0.5) is 0 Å². The smallest absolute Gasteiger partial charge is 0.509 e. The molecule has 7 heteroatoms. The van der Waals surface area contributed by atoms with Crippen LogP contribution in [-0.2, 0) is 20.4 Å². The molecule has 3 heterocycles. The maximum atomic E-state index is 6.39. The van der Waals surface area contributed by atoms with E-state index >= 15 is 0 Å². The minimum Gasteiger partial charge on any atom is -0.509 e. The van der Waals surface area contributed by atoms with E-state index in [1.165, 1.54) is 22.3 Å². The number of hydrogen-bond donors (Lipinski definition) is 0. The third kappa shape index (κ3) is 5.51. The first-order valence-electron chi connectivity index (χ1n) is 15.2. The van der Waals surface area contributed by atoms with E-state index in [0.717, 1.165) is 56.0 Å². The fraction of sp³-hybridized carbons (Fsp3) is 0.179. The summed E-state index contributed by atoms with van der Waals surface area (Å²) in [5.41, 5.74) is 11.0. The fourth-order valence-electron chi connectivity index (χ4n) is 6.16. The molecule has 4 aromatic carbocycles. The molecule has 0 aliphatic heterocycles. The Balaban J connectivity index is 0.00000372. The first-order chi connectivity index (χ1) is 21.8. The molecule has 0 aliphatic carbocycles. The fourth-order valence-corrected chi connectivity index (χ4v) is 6.16. The summed E-state index contributed by atoms with van der Waals surface area (Å²) >= 11 is 0. The van der Waals surface area contributed by atoms with Crippen LogP contribution in [0.25, 0.3) is 44.4 Å². The Kier molecular flexibility index (Phi) is 8.57. The molecule has 0 aliphatic rings. The molecule has 6 nitrogen and oxygen atoms in total. The minimum atomic E-state index is 0. The maximum Gasteiger partial charge on any atom is 2.00 e. The van der Waals surface area contributed by atoms with Crippen molar-refractivity contribution in [1.82, 2.24) is 19.3 Å². The minimum absolute atomic E-state index is 0. The van der Waals surface area contributed by atoms with E-state index in [4.69, 9.17) is 14.6 Å². The normalized spacial score (nSPS) is 11.2. The SMILES string of the molecule is CCOc1ccnc(-n2c3[c-]c(Oc4[c-]c(-n5nc(C)c(-c6cc(C)c(C)c(C)c6)c5C)ccc4)ccc3c3ccccc32)c1.[Pd+2]. The van der Waals surface area contributed by atoms with Crippen LogP contribution >= 0.6 is 0 Å². The third-order valence-corrected chi connectivity index (χ3v) is 8.52. The summed E-state index contributed by atoms with van der Waals surface area (Å²) in [5.74, 6) is 2.69. The molecule has 0 spiro atoms. The van der Waals surface area contributed by atoms with Crippen LogP contribution in [0.1, 0.15) is 35.0 Å². The van der Waals surface area contributed by atoms with E-state index in [-0.39, 0.29) is 20.4 Å². The number of pyridine rings is 1. The van der Waals surface area contributed by atoms with Crippen molar-refractivity contribution in [3.63, 3.8) is 0 Å². The summed E-state index contributed by atoms with van der Waals surface area (Å²) in [4.78, 5) is 4.68. The third-order valence-electron chi connectivity index (χ3n) is 8.52. The molecule has 7 aromatic rings. The molecule has 0 unspecified atom stereocenters. The van der Waals surface area contributed by atoms with Gasteiger partial charge < -0.3 is 14.0 Å². The molecule has 46 heavy (non-hydrogen) atoms. The van der Waals surface area contributed by atoms with Crippen molar-refractivity contribution >= 4 is 21.8 Å². The molecular weight excluding hydrogens is 663 g/mol. The molecule has 0 radical (unpaired) electrons. The number of aromatic nitrogens is 4. The van der Waals surface area contributed by atoms with Crippen molar-refractivity contribution in [3.8, 4) is 39.9 Å². The van der Waals surface area contributed by atoms with E-state index in [1.807, 2.05) is 60.1 Å². The zero-order valence-corrected chi connectivity index (χ0v) is 28.3. The molecule has 0 fully saturated rings. The first-order valence-corrected chi connectivity index (χ1v) is 15.2. The van der Waals surface area contributed by atoms with Gasteiger partial charge in [-0.1, -0.05) is 35.8 Å². The van der Waals surface area contributed by atoms with Gasteiger partial charge in [-0.3, -0.25) is 4.68 Å². The Morgan fingerprint density at radius 2 is 1.54 bits per heavy atom. The average Bonchev–Trinajstić information content (AvgIpc) is 3.52. The Hall–Kier alpha value is -4.70. The predicted molar refractivity (Wildman–Crippen MR) is 180 cm³/mol. The van der Waals surface area contributed by atoms with Gasteiger partial charge in [0.2, 0.25) is 0 Å². The maximum absolute atomic E-state index is 6.39. The molecule has 0 saturated carbocycles. The summed E-state index contributed by atoms with van der Waals surface area (Å²) in [6, 6.07) is 33.5. The average molecular weight is 697 g/mol. The van der Waals surface area contributed by atoms with Crippen molar-refractivity contribution in [2.24, 2.45) is 0 Å². The quantitative estimate of drug-likeness (QED) is 0.123. The summed E-state index contributed by atoms with van der Waals surface area (Å²) in [6.45, 7) is 13.2. The molecule has 0 bridgehead atoms. The molecule has 232 valence electrons. The van der Waals surface area contributed by atoms with E-state index in [0.29, 0.717) is 18.1 Å². The van der Waals surface area contributed by atoms with Gasteiger partial charge >= 0.3 is 20.4 Å². The van der Waals surface area contributed by atoms with Crippen LogP contribution in [0, 0.1) is 46.8 Å². The van der Waals surface area contributed by atoms with Gasteiger partial charge in [-0.15, -0.1) is 35.7 Å². The van der Waals surface area contributed by atoms with Crippen molar-refractivity contribution in [2.45, 2.75) is 41.5 Å². The van der Waals surface area contributed by atoms with Crippen molar-refractivity contribution in [2.75, 3.05) is 6.61 Å². The largest absolute Gasteiger partial charge is 2.00 e. The van der Waals surface area contributed by atoms with Crippen molar-refractivity contribution < 1.29 is 29.9 Å². The Bertz CT molecular complexity index is 2210. The second-order valence-electron chi connectivity index (χ2n) is 11.4. The van der Waals surface area contributed by atoms with E-state index in [1.54, 1.807) is 6.20 Å². The number of benzene rings is 4. The van der Waals surface area contributed by atoms with Gasteiger partial charge in [-0.25, -0.2) is 4.98 Å². The standard InChI is InChI=1S/C39H34N4O2.Pd/c1-7-44-31-17-18-40-38(23-31)42-36-14-9-8-13-34(36)35-16-15-33(22-37(35)42)45-32-12-10-11-30(21-32)43-28(6)39(27(5)41-43)29-19-24(2)26(4)25(3)20-29;/h8-20,23H,7H2,1-6H3;/q-2;+2. The van der Waals surface area contributed by atoms with Gasteiger partial charge in [-0.05, 0) is 87.0 Å². The van der Waals surface area contributed by atoms with Gasteiger partial charge in [0.25, 0.3) is 0 Å². The van der Waals surface area contributed by atoms with Crippen LogP contribution < -0.4 is 9.47 Å². The van der Waals surface area contributed by atoms with Crippen LogP contribution in [0.15, 0.2) is 85.1 Å². The summed E-state index contributed by atoms with van der Waals surface area (Å²) in [7, 11) is 0. The number of rotatable bonds is 7. The Morgan fingerprint density at radius 1 is 0.783 bits per heavy atom. The van der Waals surface area contributed by atoms with E-state index in [9.17, 15) is 0 Å². The predicted octanol–water partition coefficient (Wildman–Crippen LogP) is 9.36. The number of aryl methyl sites for hydroxylation is 3. The number of fused-ring (bicyclic) bond motifs is 3. The Morgan fingerprint density at radius 3 is 2.33 bits per heavy atom. The van der Waals surface area contributed by atoms with Crippen LogP contribution in [0.2, 0.25) is 0 Å². The number of ether oxygens (including phenoxy) is 2. The topological polar surface area (TPSA) is 54.1 Å². The van der Waals surface area contributed by atoms with Gasteiger partial charge in [0.15, 0.2) is 0 Å². The van der Waals surface area contributed by atoms with Crippen LogP contribution in [-0.4, -0.2) is 25.9 Å². The molecule has 0 amide bonds. The summed E-state index contributed by atoms with van der Waals surface area (Å²) in [6.07, 6.45) is 1.77. The van der Waals surface area contributed by atoms with Crippen molar-refractivity contribution in [3.05, 3.63) is 125 Å². The van der Waals surface area contributed by atoms with Gasteiger partial charge in [-0.2, -0.15) is 17.2 Å². The molecule has 0 saturated heterocycles. The van der Waals surface area contributed by atoms with Gasteiger partial charge in [0.05, 0.1) is 12.3 Å². The van der Waals surface area contributed by atoms with Gasteiger partial charge in [0.1, 0.15) is 11.6 Å². The number of para-hydroxylation sites is 1. The second-order valence-corrected chi connectivity index (χ2v) is 11.4. The van der Waals surface area contributed by atoms with E-state index in [2.05, 4.69) is 86.6 Å². The van der Waals surface area contributed by atoms with Crippen LogP contribution in [0.5, 0.6) is 17.2 Å². The molecule has 3 aromatic heterocycles. The molecule has 0 atom stereocenters. The molecule has 7 rings (SSSR count). The van der Waals surface area contributed by atoms with Crippen molar-refractivity contribution in [1.29, 1.82) is 0 Å². The number of hydrogen-bond acceptors (Lipinski definition) is 4. The zero-order chi connectivity index (χ0) is 31.2. The zero-order valence-electron chi connectivity index (χ0n) is 26.7. The second kappa shape index (κ2) is 12.6. The van der Waals surface area contributed by atoms with Crippen LogP contribution in [0.3, 0.4) is 0 Å². The first kappa shape index (κ1) is 31.3. The van der Waals surface area contributed by atoms with E-state index < -0.39 is 0 Å². The van der Waals surface area contributed by atoms with Gasteiger partial charge in [0, 0.05) is 40.5 Å². The molecule has 0 N–H and O–H groups in total. The monoisotopic (exact) mass is 696 g/mol.